The van der Waals surface area contributed by atoms with Crippen LogP contribution in [-0.2, 0) is 4.79 Å². The van der Waals surface area contributed by atoms with Crippen molar-refractivity contribution in [1.82, 2.24) is 29.8 Å². The number of carbonyl (C=O) groups excluding carboxylic acids is 1. The lowest BCUT2D eigenvalue weighted by molar-refractivity contribution is -0.121. The summed E-state index contributed by atoms with van der Waals surface area (Å²) in [5.74, 6) is 1.32. The fourth-order valence-electron chi connectivity index (χ4n) is 3.37. The lowest BCUT2D eigenvalue weighted by atomic mass is 10.2. The number of hydrogen-bond acceptors (Lipinski definition) is 7. The Hall–Kier alpha value is -4.41. The van der Waals surface area contributed by atoms with Gasteiger partial charge in [-0.15, -0.1) is 5.10 Å². The van der Waals surface area contributed by atoms with Crippen molar-refractivity contribution in [3.63, 3.8) is 0 Å². The van der Waals surface area contributed by atoms with Gasteiger partial charge in [0, 0.05) is 31.1 Å². The number of aromatic nitrogens is 4. The van der Waals surface area contributed by atoms with Gasteiger partial charge in [-0.25, -0.2) is 14.8 Å². The summed E-state index contributed by atoms with van der Waals surface area (Å²) in [6, 6.07) is 14.4. The number of nitrogens with one attached hydrogen (secondary N) is 2. The van der Waals surface area contributed by atoms with Crippen molar-refractivity contribution in [2.24, 2.45) is 0 Å². The summed E-state index contributed by atoms with van der Waals surface area (Å²) < 4.78 is 6.81. The number of amides is 2. The molecule has 3 N–H and O–H groups in total. The Bertz CT molecular complexity index is 1340. The van der Waals surface area contributed by atoms with E-state index in [4.69, 9.17) is 14.8 Å². The summed E-state index contributed by atoms with van der Waals surface area (Å²) in [5, 5.41) is 20.2. The van der Waals surface area contributed by atoms with Crippen LogP contribution in [0.25, 0.3) is 27.9 Å². The van der Waals surface area contributed by atoms with Gasteiger partial charge >= 0.3 is 6.09 Å². The molecular weight excluding hydrogens is 438 g/mol. The number of rotatable bonds is 8. The molecule has 0 aliphatic heterocycles. The van der Waals surface area contributed by atoms with Gasteiger partial charge in [-0.2, -0.15) is 4.52 Å². The summed E-state index contributed by atoms with van der Waals surface area (Å²) in [6.45, 7) is 2.07. The van der Waals surface area contributed by atoms with Crippen molar-refractivity contribution >= 4 is 34.5 Å². The van der Waals surface area contributed by atoms with Crippen molar-refractivity contribution in [2.75, 3.05) is 32.6 Å². The molecule has 34 heavy (non-hydrogen) atoms. The minimum atomic E-state index is -1.05. The molecule has 2 heterocycles. The van der Waals surface area contributed by atoms with Crippen LogP contribution >= 0.6 is 0 Å². The third kappa shape index (κ3) is 4.68. The molecule has 2 aromatic heterocycles. The number of nitrogens with zero attached hydrogens (tertiary/aromatic N) is 5. The quantitative estimate of drug-likeness (QED) is 0.363. The average Bonchev–Trinajstić information content (AvgIpc) is 3.30. The van der Waals surface area contributed by atoms with Crippen LogP contribution in [0.4, 0.5) is 10.7 Å². The maximum absolute atomic E-state index is 12.6. The molecule has 0 bridgehead atoms. The number of benzene rings is 2. The number of carbonyl (C=O) groups is 2. The molecule has 4 aromatic rings. The van der Waals surface area contributed by atoms with Gasteiger partial charge in [-0.3, -0.25) is 4.79 Å². The third-order valence-corrected chi connectivity index (χ3v) is 5.34. The second-order valence-corrected chi connectivity index (χ2v) is 7.71. The van der Waals surface area contributed by atoms with E-state index in [1.807, 2.05) is 48.5 Å². The smallest absolute Gasteiger partial charge is 0.407 e. The molecule has 4 rings (SSSR count). The van der Waals surface area contributed by atoms with Crippen molar-refractivity contribution in [2.45, 2.75) is 13.0 Å². The average molecular weight is 463 g/mol. The van der Waals surface area contributed by atoms with Gasteiger partial charge in [0.05, 0.1) is 12.6 Å². The third-order valence-electron chi connectivity index (χ3n) is 5.34. The molecule has 2 aromatic carbocycles. The number of methoxy groups -OCH3 is 1. The van der Waals surface area contributed by atoms with Crippen LogP contribution in [0.15, 0.2) is 48.5 Å². The number of ether oxygens (including phenoxy) is 1. The van der Waals surface area contributed by atoms with Crippen molar-refractivity contribution < 1.29 is 19.4 Å². The van der Waals surface area contributed by atoms with Crippen LogP contribution in [-0.4, -0.2) is 74.9 Å². The summed E-state index contributed by atoms with van der Waals surface area (Å²) in [4.78, 5) is 33.9. The zero-order valence-electron chi connectivity index (χ0n) is 19.0. The minimum Gasteiger partial charge on any atom is -0.497 e. The first-order chi connectivity index (χ1) is 16.4. The van der Waals surface area contributed by atoms with Gasteiger partial charge in [-0.1, -0.05) is 12.1 Å². The largest absolute Gasteiger partial charge is 0.497 e. The Balaban J connectivity index is 1.62. The van der Waals surface area contributed by atoms with Crippen molar-refractivity contribution in [3.8, 4) is 17.1 Å². The molecule has 0 spiro atoms. The van der Waals surface area contributed by atoms with E-state index >= 15 is 0 Å². The highest BCUT2D eigenvalue weighted by Crippen LogP contribution is 2.25. The van der Waals surface area contributed by atoms with Gasteiger partial charge in [0.1, 0.15) is 11.8 Å². The van der Waals surface area contributed by atoms with E-state index in [0.717, 1.165) is 21.6 Å². The molecule has 0 saturated carbocycles. The number of carboxylic acid groups (broad SMARTS) is 1. The molecule has 0 fully saturated rings. The van der Waals surface area contributed by atoms with Crippen molar-refractivity contribution in [1.29, 1.82) is 0 Å². The summed E-state index contributed by atoms with van der Waals surface area (Å²) in [7, 11) is 3.05. The first kappa shape index (κ1) is 22.8. The van der Waals surface area contributed by atoms with Crippen LogP contribution in [0.5, 0.6) is 5.75 Å². The second-order valence-electron chi connectivity index (χ2n) is 7.71. The Kier molecular flexibility index (Phi) is 6.44. The van der Waals surface area contributed by atoms with E-state index in [1.54, 1.807) is 18.5 Å². The monoisotopic (exact) mass is 463 g/mol. The molecule has 11 heteroatoms. The van der Waals surface area contributed by atoms with E-state index in [2.05, 4.69) is 20.7 Å². The molecule has 0 aliphatic carbocycles. The van der Waals surface area contributed by atoms with Gasteiger partial charge in [0.15, 0.2) is 11.5 Å². The zero-order chi connectivity index (χ0) is 24.2. The van der Waals surface area contributed by atoms with E-state index in [-0.39, 0.29) is 19.0 Å². The number of likely N-dealkylation sites (N-methyl/N-ethyl adjacent to an activating group) is 1. The molecule has 0 aliphatic rings. The molecule has 0 unspecified atom stereocenters. The standard InChI is InChI=1S/C23H25N7O4/c1-14(21(31)24-12-13-29(2)23(32)33)25-22-26-18-7-5-4-6-17(18)20-27-19(28-30(20)22)15-8-10-16(34-3)11-9-15/h4-11,14H,12-13H2,1-3H3,(H,24,31)(H,25,26)(H,32,33)/t14-/m1/s1. The van der Waals surface area contributed by atoms with E-state index in [1.165, 1.54) is 7.05 Å². The van der Waals surface area contributed by atoms with Gasteiger partial charge in [-0.05, 0) is 43.3 Å². The van der Waals surface area contributed by atoms with Crippen molar-refractivity contribution in [3.05, 3.63) is 48.5 Å². The van der Waals surface area contributed by atoms with Crippen LogP contribution in [0.1, 0.15) is 6.92 Å². The second kappa shape index (κ2) is 9.61. The Morgan fingerprint density at radius 1 is 1.15 bits per heavy atom. The predicted molar refractivity (Wildman–Crippen MR) is 127 cm³/mol. The van der Waals surface area contributed by atoms with E-state index in [0.29, 0.717) is 22.9 Å². The molecule has 0 saturated heterocycles. The molecule has 2 amide bonds. The van der Waals surface area contributed by atoms with Crippen LogP contribution in [0, 0.1) is 0 Å². The Morgan fingerprint density at radius 2 is 1.88 bits per heavy atom. The lowest BCUT2D eigenvalue weighted by Crippen LogP contribution is -2.42. The SMILES string of the molecule is COc1ccc(-c2nc3c4ccccc4nc(N[C@H](C)C(=O)NCCN(C)C(=O)O)n3n2)cc1. The number of hydrogen-bond donors (Lipinski definition) is 3. The zero-order valence-corrected chi connectivity index (χ0v) is 19.0. The van der Waals surface area contributed by atoms with E-state index in [9.17, 15) is 9.59 Å². The highest BCUT2D eigenvalue weighted by Gasteiger charge is 2.19. The maximum atomic E-state index is 12.6. The molecule has 1 atom stereocenters. The van der Waals surface area contributed by atoms with Gasteiger partial charge in [0.25, 0.3) is 0 Å². The fraction of sp³-hybridized carbons (Fsp3) is 0.261. The Morgan fingerprint density at radius 3 is 2.59 bits per heavy atom. The van der Waals surface area contributed by atoms with Crippen LogP contribution in [0.3, 0.4) is 0 Å². The molecule has 11 nitrogen and oxygen atoms in total. The first-order valence-electron chi connectivity index (χ1n) is 10.7. The first-order valence-corrected chi connectivity index (χ1v) is 10.7. The topological polar surface area (TPSA) is 134 Å². The Labute approximate surface area is 195 Å². The normalized spacial score (nSPS) is 11.9. The van der Waals surface area contributed by atoms with Crippen LogP contribution in [0.2, 0.25) is 0 Å². The highest BCUT2D eigenvalue weighted by atomic mass is 16.5. The fourth-order valence-corrected chi connectivity index (χ4v) is 3.37. The van der Waals surface area contributed by atoms with Gasteiger partial charge < -0.3 is 25.4 Å². The van der Waals surface area contributed by atoms with E-state index < -0.39 is 12.1 Å². The molecule has 0 radical (unpaired) electrons. The highest BCUT2D eigenvalue weighted by molar-refractivity contribution is 5.93. The van der Waals surface area contributed by atoms with Crippen LogP contribution < -0.4 is 15.4 Å². The number of para-hydroxylation sites is 1. The lowest BCUT2D eigenvalue weighted by Gasteiger charge is -2.17. The van der Waals surface area contributed by atoms with Gasteiger partial charge in [0.2, 0.25) is 11.9 Å². The summed E-state index contributed by atoms with van der Waals surface area (Å²) >= 11 is 0. The maximum Gasteiger partial charge on any atom is 0.407 e. The summed E-state index contributed by atoms with van der Waals surface area (Å²) in [6.07, 6.45) is -1.05. The number of fused-ring (bicyclic) bond motifs is 3. The predicted octanol–water partition coefficient (Wildman–Crippen LogP) is 2.48. The molecule has 176 valence electrons. The molecular formula is C23H25N7O4. The number of anilines is 1. The summed E-state index contributed by atoms with van der Waals surface area (Å²) in [5.41, 5.74) is 2.13. The minimum absolute atomic E-state index is 0.181.